The number of unbranched alkanes of at least 4 members (excludes halogenated alkanes) is 2. The average Bonchev–Trinajstić information content (AvgIpc) is 1.89. The summed E-state index contributed by atoms with van der Waals surface area (Å²) in [7, 11) is 0. The van der Waals surface area contributed by atoms with E-state index in [1.165, 1.54) is 31.4 Å². The van der Waals surface area contributed by atoms with E-state index in [-0.39, 0.29) is 0 Å². The van der Waals surface area contributed by atoms with E-state index in [2.05, 4.69) is 20.8 Å². The van der Waals surface area contributed by atoms with Crippen LogP contribution < -0.4 is 0 Å². The van der Waals surface area contributed by atoms with Gasteiger partial charge >= 0.3 is 0 Å². The summed E-state index contributed by atoms with van der Waals surface area (Å²) in [5.74, 6) is 1.21. The summed E-state index contributed by atoms with van der Waals surface area (Å²) in [5, 5.41) is 0.636. The van der Waals surface area contributed by atoms with Gasteiger partial charge in [-0.15, -0.1) is 0 Å². The van der Waals surface area contributed by atoms with Crippen LogP contribution in [-0.2, 0) is 0 Å². The van der Waals surface area contributed by atoms with Crippen LogP contribution in [0.1, 0.15) is 39.5 Å². The van der Waals surface area contributed by atoms with Gasteiger partial charge < -0.3 is 0 Å². The molecule has 1 unspecified atom stereocenters. The molecule has 61 valence electrons. The third-order valence-corrected chi connectivity index (χ3v) is 2.57. The van der Waals surface area contributed by atoms with Gasteiger partial charge in [-0.2, -0.15) is 11.8 Å². The molecular weight excluding hydrogens is 140 g/mol. The molecule has 1 atom stereocenters. The molecule has 0 rings (SSSR count). The van der Waals surface area contributed by atoms with E-state index in [1.54, 1.807) is 0 Å². The van der Waals surface area contributed by atoms with E-state index in [4.69, 9.17) is 0 Å². The predicted octanol–water partition coefficient (Wildman–Crippen LogP) is 3.52. The second-order valence-electron chi connectivity index (χ2n) is 2.57. The molecule has 0 saturated heterocycles. The Morgan fingerprint density at radius 3 is 2.50 bits per heavy atom. The van der Waals surface area contributed by atoms with E-state index in [0.29, 0.717) is 5.25 Å². The molecule has 0 aromatic carbocycles. The molecule has 0 spiro atoms. The first-order valence-corrected chi connectivity index (χ1v) is 5.30. The van der Waals surface area contributed by atoms with E-state index in [1.807, 2.05) is 11.8 Å². The molecule has 0 aliphatic carbocycles. The van der Waals surface area contributed by atoms with Gasteiger partial charge in [0.25, 0.3) is 0 Å². The van der Waals surface area contributed by atoms with E-state index in [0.717, 1.165) is 0 Å². The van der Waals surface area contributed by atoms with Gasteiger partial charge in [-0.05, 0) is 19.1 Å². The van der Waals surface area contributed by atoms with Crippen molar-refractivity contribution in [2.45, 2.75) is 44.8 Å². The quantitative estimate of drug-likeness (QED) is 0.534. The van der Waals surface area contributed by atoms with Crippen molar-refractivity contribution in [3.8, 4) is 0 Å². The first-order valence-electron chi connectivity index (χ1n) is 4.26. The van der Waals surface area contributed by atoms with Gasteiger partial charge in [0.2, 0.25) is 0 Å². The van der Waals surface area contributed by atoms with Crippen molar-refractivity contribution in [3.05, 3.63) is 6.92 Å². The highest BCUT2D eigenvalue weighted by Crippen LogP contribution is 2.15. The van der Waals surface area contributed by atoms with Crippen molar-refractivity contribution in [3.63, 3.8) is 0 Å². The highest BCUT2D eigenvalue weighted by molar-refractivity contribution is 7.99. The summed E-state index contributed by atoms with van der Waals surface area (Å²) in [4.78, 5) is 0. The van der Waals surface area contributed by atoms with Gasteiger partial charge in [-0.25, -0.2) is 0 Å². The number of rotatable bonds is 6. The van der Waals surface area contributed by atoms with Crippen LogP contribution in [0.15, 0.2) is 0 Å². The van der Waals surface area contributed by atoms with Gasteiger partial charge in [0, 0.05) is 5.25 Å². The van der Waals surface area contributed by atoms with Crippen LogP contribution in [0.3, 0.4) is 0 Å². The molecule has 0 aliphatic rings. The molecule has 0 bridgehead atoms. The standard InChI is InChI=1S/C9H19S/c1-4-6-7-8-9(3)10-5-2/h9H,3-8H2,1-2H3. The van der Waals surface area contributed by atoms with Crippen molar-refractivity contribution in [2.75, 3.05) is 5.75 Å². The Kier molecular flexibility index (Phi) is 7.72. The lowest BCUT2D eigenvalue weighted by molar-refractivity contribution is 0.680. The van der Waals surface area contributed by atoms with Crippen molar-refractivity contribution in [1.82, 2.24) is 0 Å². The van der Waals surface area contributed by atoms with E-state index >= 15 is 0 Å². The summed E-state index contributed by atoms with van der Waals surface area (Å²) >= 11 is 1.97. The first-order chi connectivity index (χ1) is 4.81. The van der Waals surface area contributed by atoms with Crippen LogP contribution in [0.4, 0.5) is 0 Å². The van der Waals surface area contributed by atoms with Crippen LogP contribution in [-0.4, -0.2) is 11.0 Å². The first kappa shape index (κ1) is 10.3. The van der Waals surface area contributed by atoms with Gasteiger partial charge in [0.1, 0.15) is 0 Å². The van der Waals surface area contributed by atoms with Gasteiger partial charge in [0.05, 0.1) is 0 Å². The fourth-order valence-electron chi connectivity index (χ4n) is 0.941. The maximum atomic E-state index is 4.06. The minimum Gasteiger partial charge on any atom is -0.159 e. The van der Waals surface area contributed by atoms with Gasteiger partial charge in [-0.1, -0.05) is 33.1 Å². The predicted molar refractivity (Wildman–Crippen MR) is 51.4 cm³/mol. The fraction of sp³-hybridized carbons (Fsp3) is 0.889. The molecule has 0 aliphatic heterocycles. The maximum Gasteiger partial charge on any atom is 0.00473 e. The molecule has 0 nitrogen and oxygen atoms in total. The molecule has 1 heteroatoms. The lowest BCUT2D eigenvalue weighted by Crippen LogP contribution is -1.96. The third-order valence-electron chi connectivity index (χ3n) is 1.53. The number of hydrogen-bond donors (Lipinski definition) is 0. The zero-order valence-electron chi connectivity index (χ0n) is 7.23. The molecule has 1 radical (unpaired) electrons. The SMILES string of the molecule is [CH2]C(CCCCC)SCC. The summed E-state index contributed by atoms with van der Waals surface area (Å²) in [6.07, 6.45) is 5.35. The lowest BCUT2D eigenvalue weighted by Gasteiger charge is -2.07. The highest BCUT2D eigenvalue weighted by atomic mass is 32.2. The van der Waals surface area contributed by atoms with Crippen LogP contribution in [0.5, 0.6) is 0 Å². The fourth-order valence-corrected chi connectivity index (χ4v) is 1.75. The average molecular weight is 159 g/mol. The smallest absolute Gasteiger partial charge is 0.00473 e. The molecule has 0 aromatic heterocycles. The van der Waals surface area contributed by atoms with Crippen LogP contribution in [0.2, 0.25) is 0 Å². The molecule has 0 saturated carbocycles. The Balaban J connectivity index is 2.97. The zero-order chi connectivity index (χ0) is 7.82. The molecule has 0 heterocycles. The molecule has 0 fully saturated rings. The van der Waals surface area contributed by atoms with Crippen molar-refractivity contribution in [2.24, 2.45) is 0 Å². The third kappa shape index (κ3) is 6.47. The topological polar surface area (TPSA) is 0 Å². The molecular formula is C9H19S. The van der Waals surface area contributed by atoms with Crippen LogP contribution in [0.25, 0.3) is 0 Å². The Morgan fingerprint density at radius 2 is 2.00 bits per heavy atom. The zero-order valence-corrected chi connectivity index (χ0v) is 8.04. The second kappa shape index (κ2) is 7.46. The second-order valence-corrected chi connectivity index (χ2v) is 4.15. The van der Waals surface area contributed by atoms with Crippen LogP contribution >= 0.6 is 11.8 Å². The highest BCUT2D eigenvalue weighted by Gasteiger charge is 1.98. The minimum atomic E-state index is 0.636. The maximum absolute atomic E-state index is 4.06. The summed E-state index contributed by atoms with van der Waals surface area (Å²) in [6.45, 7) is 8.50. The van der Waals surface area contributed by atoms with Gasteiger partial charge in [-0.3, -0.25) is 0 Å². The number of hydrogen-bond acceptors (Lipinski definition) is 1. The van der Waals surface area contributed by atoms with E-state index in [9.17, 15) is 0 Å². The Bertz CT molecular complexity index is 61.7. The normalized spacial score (nSPS) is 13.5. The van der Waals surface area contributed by atoms with Crippen molar-refractivity contribution >= 4 is 11.8 Å². The summed E-state index contributed by atoms with van der Waals surface area (Å²) in [5.41, 5.74) is 0. The molecule has 0 aromatic rings. The monoisotopic (exact) mass is 159 g/mol. The van der Waals surface area contributed by atoms with Gasteiger partial charge in [0.15, 0.2) is 0 Å². The molecule has 0 amide bonds. The molecule has 10 heavy (non-hydrogen) atoms. The largest absolute Gasteiger partial charge is 0.159 e. The minimum absolute atomic E-state index is 0.636. The van der Waals surface area contributed by atoms with Crippen molar-refractivity contribution in [1.29, 1.82) is 0 Å². The van der Waals surface area contributed by atoms with Crippen LogP contribution in [0, 0.1) is 6.92 Å². The molecule has 0 N–H and O–H groups in total. The summed E-state index contributed by atoms with van der Waals surface area (Å²) in [6, 6.07) is 0. The number of thioether (sulfide) groups is 1. The Hall–Kier alpha value is 0.350. The summed E-state index contributed by atoms with van der Waals surface area (Å²) < 4.78 is 0. The van der Waals surface area contributed by atoms with E-state index < -0.39 is 0 Å². The Morgan fingerprint density at radius 1 is 1.30 bits per heavy atom. The van der Waals surface area contributed by atoms with Crippen molar-refractivity contribution < 1.29 is 0 Å². The lowest BCUT2D eigenvalue weighted by atomic mass is 10.2. The Labute approximate surface area is 69.8 Å².